The molecule has 50 valence electrons. The van der Waals surface area contributed by atoms with Crippen LogP contribution in [0.1, 0.15) is 0 Å². The molecule has 4 nitrogen and oxygen atoms in total. The summed E-state index contributed by atoms with van der Waals surface area (Å²) in [5.41, 5.74) is 11.1. The Morgan fingerprint density at radius 2 is 2.22 bits per heavy atom. The summed E-state index contributed by atoms with van der Waals surface area (Å²) in [6.07, 6.45) is 0. The van der Waals surface area contributed by atoms with Crippen molar-refractivity contribution in [3.05, 3.63) is 10.7 Å². The van der Waals surface area contributed by atoms with E-state index in [1.807, 2.05) is 0 Å². The number of aliphatic imine (C=N–C) groups is 1. The smallest absolute Gasteiger partial charge is 0.150 e. The number of thiol groups is 1. The molecule has 1 heterocycles. The largest absolute Gasteiger partial charge is 0.394 e. The van der Waals surface area contributed by atoms with Gasteiger partial charge in [0, 0.05) is 0 Å². The van der Waals surface area contributed by atoms with Crippen LogP contribution in [0, 0.1) is 0 Å². The van der Waals surface area contributed by atoms with Gasteiger partial charge in [0.05, 0.1) is 5.03 Å². The van der Waals surface area contributed by atoms with E-state index in [1.165, 1.54) is 0 Å². The maximum Gasteiger partial charge on any atom is 0.150 e. The summed E-state index contributed by atoms with van der Waals surface area (Å²) in [6, 6.07) is 0. The molecule has 0 aromatic carbocycles. The zero-order chi connectivity index (χ0) is 6.85. The molecule has 1 aliphatic rings. The van der Waals surface area contributed by atoms with E-state index < -0.39 is 0 Å². The van der Waals surface area contributed by atoms with Gasteiger partial charge in [0.25, 0.3) is 0 Å². The molecule has 0 fully saturated rings. The van der Waals surface area contributed by atoms with Crippen LogP contribution in [0.2, 0.25) is 0 Å². The van der Waals surface area contributed by atoms with Crippen LogP contribution < -0.4 is 16.8 Å². The summed E-state index contributed by atoms with van der Waals surface area (Å²) in [5, 5.41) is 3.17. The highest BCUT2D eigenvalue weighted by Crippen LogP contribution is 2.00. The van der Waals surface area contributed by atoms with Crippen LogP contribution in [0.5, 0.6) is 0 Å². The number of amidine groups is 1. The fraction of sp³-hybridized carbons (Fsp3) is 0.250. The van der Waals surface area contributed by atoms with Crippen molar-refractivity contribution in [1.82, 2.24) is 5.32 Å². The van der Waals surface area contributed by atoms with Gasteiger partial charge in [-0.2, -0.15) is 0 Å². The lowest BCUT2D eigenvalue weighted by atomic mass is 10.4. The monoisotopic (exact) mass is 144 g/mol. The van der Waals surface area contributed by atoms with Crippen molar-refractivity contribution in [2.45, 2.75) is 0 Å². The van der Waals surface area contributed by atoms with Gasteiger partial charge in [-0.05, 0) is 0 Å². The van der Waals surface area contributed by atoms with Gasteiger partial charge in [-0.15, -0.1) is 12.6 Å². The minimum atomic E-state index is 0.306. The molecule has 1 rings (SSSR count). The Morgan fingerprint density at radius 3 is 2.33 bits per heavy atom. The van der Waals surface area contributed by atoms with E-state index in [-0.39, 0.29) is 0 Å². The number of nitrogens with zero attached hydrogens (tertiary/aromatic N) is 1. The van der Waals surface area contributed by atoms with Gasteiger partial charge in [0.2, 0.25) is 0 Å². The second kappa shape index (κ2) is 2.18. The van der Waals surface area contributed by atoms with E-state index >= 15 is 0 Å². The minimum absolute atomic E-state index is 0.306. The zero-order valence-corrected chi connectivity index (χ0v) is 5.65. The molecule has 0 aliphatic carbocycles. The van der Waals surface area contributed by atoms with Crippen molar-refractivity contribution in [1.29, 1.82) is 0 Å². The summed E-state index contributed by atoms with van der Waals surface area (Å²) < 4.78 is 0. The zero-order valence-electron chi connectivity index (χ0n) is 4.76. The number of hydrogen-bond acceptors (Lipinski definition) is 5. The molecule has 5 heteroatoms. The Bertz CT molecular complexity index is 179. The van der Waals surface area contributed by atoms with E-state index in [9.17, 15) is 0 Å². The quantitative estimate of drug-likeness (QED) is 0.355. The van der Waals surface area contributed by atoms with Gasteiger partial charge in [-0.1, -0.05) is 0 Å². The van der Waals surface area contributed by atoms with Crippen molar-refractivity contribution in [2.75, 3.05) is 6.67 Å². The van der Waals surface area contributed by atoms with Gasteiger partial charge < -0.3 is 16.8 Å². The van der Waals surface area contributed by atoms with Gasteiger partial charge in [-0.3, -0.25) is 0 Å². The molecule has 0 aromatic rings. The topological polar surface area (TPSA) is 76.4 Å². The molecule has 0 saturated heterocycles. The highest BCUT2D eigenvalue weighted by atomic mass is 32.1. The predicted octanol–water partition coefficient (Wildman–Crippen LogP) is -1.04. The molecule has 9 heavy (non-hydrogen) atoms. The van der Waals surface area contributed by atoms with Crippen LogP contribution in [0.3, 0.4) is 0 Å². The number of nitrogens with two attached hydrogens (primary N) is 2. The van der Waals surface area contributed by atoms with Crippen molar-refractivity contribution in [3.8, 4) is 0 Å². The minimum Gasteiger partial charge on any atom is -0.394 e. The third-order valence-corrected chi connectivity index (χ3v) is 1.26. The second-order valence-electron chi connectivity index (χ2n) is 1.64. The fourth-order valence-corrected chi connectivity index (χ4v) is 0.566. The lowest BCUT2D eigenvalue weighted by molar-refractivity contribution is 0.830. The first-order valence-corrected chi connectivity index (χ1v) is 2.89. The third-order valence-electron chi connectivity index (χ3n) is 1.01. The molecule has 0 spiro atoms. The van der Waals surface area contributed by atoms with E-state index in [0.717, 1.165) is 0 Å². The normalized spacial score (nSPS) is 19.0. The summed E-state index contributed by atoms with van der Waals surface area (Å²) in [4.78, 5) is 3.88. The van der Waals surface area contributed by atoms with Crippen molar-refractivity contribution >= 4 is 18.5 Å². The summed E-state index contributed by atoms with van der Waals surface area (Å²) in [6.45, 7) is 0.622. The van der Waals surface area contributed by atoms with Crippen LogP contribution in [0.4, 0.5) is 0 Å². The van der Waals surface area contributed by atoms with Crippen molar-refractivity contribution in [3.63, 3.8) is 0 Å². The van der Waals surface area contributed by atoms with Gasteiger partial charge >= 0.3 is 0 Å². The Morgan fingerprint density at radius 1 is 1.67 bits per heavy atom. The van der Waals surface area contributed by atoms with Gasteiger partial charge in [0.1, 0.15) is 18.2 Å². The highest BCUT2D eigenvalue weighted by molar-refractivity contribution is 7.84. The maximum absolute atomic E-state index is 5.41. The van der Waals surface area contributed by atoms with Crippen LogP contribution in [0.15, 0.2) is 15.7 Å². The molecule has 0 atom stereocenters. The number of nitrogens with one attached hydrogen (secondary N) is 1. The second-order valence-corrected chi connectivity index (χ2v) is 2.12. The standard InChI is InChI=1S/C4H8N4S/c5-2(3(6)9)4-7-1-8-4/h9H,1,5-6H2,(H,7,8). The molecule has 1 aliphatic heterocycles. The van der Waals surface area contributed by atoms with Crippen molar-refractivity contribution < 1.29 is 0 Å². The van der Waals surface area contributed by atoms with Crippen molar-refractivity contribution in [2.24, 2.45) is 16.5 Å². The lowest BCUT2D eigenvalue weighted by Crippen LogP contribution is -2.38. The Balaban J connectivity index is 2.73. The average Bonchev–Trinajstić information content (AvgIpc) is 1.60. The maximum atomic E-state index is 5.41. The number of hydrogen-bond donors (Lipinski definition) is 4. The summed E-state index contributed by atoms with van der Waals surface area (Å²) >= 11 is 3.83. The van der Waals surface area contributed by atoms with Crippen LogP contribution >= 0.6 is 12.6 Å². The molecule has 0 aromatic heterocycles. The first kappa shape index (κ1) is 6.28. The molecule has 5 N–H and O–H groups in total. The fourth-order valence-electron chi connectivity index (χ4n) is 0.460. The Labute approximate surface area is 58.4 Å². The highest BCUT2D eigenvalue weighted by Gasteiger charge is 2.09. The molecule has 0 radical (unpaired) electrons. The first-order valence-electron chi connectivity index (χ1n) is 2.44. The van der Waals surface area contributed by atoms with Crippen LogP contribution in [-0.4, -0.2) is 12.5 Å². The van der Waals surface area contributed by atoms with E-state index in [0.29, 0.717) is 23.2 Å². The SMILES string of the molecule is NC(S)=C(N)C1=NCN1. The summed E-state index contributed by atoms with van der Waals surface area (Å²) in [5.74, 6) is 0.641. The molecular weight excluding hydrogens is 136 g/mol. The lowest BCUT2D eigenvalue weighted by Gasteiger charge is -2.16. The molecule has 0 saturated carbocycles. The average molecular weight is 144 g/mol. The Hall–Kier alpha value is -0.840. The van der Waals surface area contributed by atoms with Gasteiger partial charge in [0.15, 0.2) is 0 Å². The van der Waals surface area contributed by atoms with Crippen LogP contribution in [-0.2, 0) is 0 Å². The summed E-state index contributed by atoms with van der Waals surface area (Å²) in [7, 11) is 0. The molecule has 0 unspecified atom stereocenters. The predicted molar refractivity (Wildman–Crippen MR) is 39.8 cm³/mol. The number of rotatable bonds is 1. The molecule has 0 amide bonds. The van der Waals surface area contributed by atoms with E-state index in [4.69, 9.17) is 11.5 Å². The molecule has 0 bridgehead atoms. The first-order chi connectivity index (χ1) is 4.22. The molecular formula is C4H8N4S. The van der Waals surface area contributed by atoms with Gasteiger partial charge in [-0.25, -0.2) is 4.99 Å². The Kier molecular flexibility index (Phi) is 1.52. The van der Waals surface area contributed by atoms with Crippen LogP contribution in [0.25, 0.3) is 0 Å². The third kappa shape index (κ3) is 1.10. The van der Waals surface area contributed by atoms with E-state index in [1.54, 1.807) is 0 Å². The van der Waals surface area contributed by atoms with E-state index in [2.05, 4.69) is 22.9 Å².